The molecule has 4 heteroatoms. The summed E-state index contributed by atoms with van der Waals surface area (Å²) in [4.78, 5) is 0. The first-order valence-corrected chi connectivity index (χ1v) is 8.01. The molecule has 1 unspecified atom stereocenters. The molecule has 0 aliphatic carbocycles. The van der Waals surface area contributed by atoms with Gasteiger partial charge in [0, 0.05) is 12.6 Å². The van der Waals surface area contributed by atoms with Crippen molar-refractivity contribution < 1.29 is 4.74 Å². The SMILES string of the molecule is CCCC(C)NCc1cc(Br)c(OCC)c(Br)c1. The summed E-state index contributed by atoms with van der Waals surface area (Å²) in [6.07, 6.45) is 2.42. The van der Waals surface area contributed by atoms with Gasteiger partial charge in [-0.25, -0.2) is 0 Å². The lowest BCUT2D eigenvalue weighted by Crippen LogP contribution is -2.25. The van der Waals surface area contributed by atoms with Crippen molar-refractivity contribution in [1.82, 2.24) is 5.32 Å². The Morgan fingerprint density at radius 1 is 1.22 bits per heavy atom. The smallest absolute Gasteiger partial charge is 0.147 e. The summed E-state index contributed by atoms with van der Waals surface area (Å²) in [6.45, 7) is 7.97. The van der Waals surface area contributed by atoms with Gasteiger partial charge in [-0.05, 0) is 69.8 Å². The molecule has 2 nitrogen and oxygen atoms in total. The minimum absolute atomic E-state index is 0.555. The molecule has 0 aliphatic rings. The zero-order valence-corrected chi connectivity index (χ0v) is 14.4. The predicted molar refractivity (Wildman–Crippen MR) is 84.2 cm³/mol. The highest BCUT2D eigenvalue weighted by molar-refractivity contribution is 9.11. The lowest BCUT2D eigenvalue weighted by atomic mass is 10.1. The number of hydrogen-bond acceptors (Lipinski definition) is 2. The Bertz CT molecular complexity index is 359. The Morgan fingerprint density at radius 2 is 1.83 bits per heavy atom. The molecular formula is C14H21Br2NO. The summed E-state index contributed by atoms with van der Waals surface area (Å²) in [5.41, 5.74) is 1.25. The Hall–Kier alpha value is -0.0600. The van der Waals surface area contributed by atoms with Crippen LogP contribution in [0, 0.1) is 0 Å². The van der Waals surface area contributed by atoms with Crippen LogP contribution in [-0.4, -0.2) is 12.6 Å². The first-order chi connectivity index (χ1) is 8.58. The van der Waals surface area contributed by atoms with E-state index in [1.807, 2.05) is 6.92 Å². The second kappa shape index (κ2) is 8.18. The van der Waals surface area contributed by atoms with Crippen LogP contribution in [-0.2, 0) is 6.54 Å². The van der Waals surface area contributed by atoms with E-state index in [2.05, 4.69) is 63.2 Å². The Balaban J connectivity index is 2.68. The molecule has 0 fully saturated rings. The molecule has 0 heterocycles. The third-order valence-corrected chi connectivity index (χ3v) is 3.90. The third kappa shape index (κ3) is 4.90. The van der Waals surface area contributed by atoms with Gasteiger partial charge in [0.1, 0.15) is 5.75 Å². The van der Waals surface area contributed by atoms with Crippen LogP contribution in [0.4, 0.5) is 0 Å². The predicted octanol–water partition coefficient (Wildman–Crippen LogP) is 4.89. The summed E-state index contributed by atoms with van der Waals surface area (Å²) >= 11 is 7.11. The van der Waals surface area contributed by atoms with Crippen molar-refractivity contribution >= 4 is 31.9 Å². The molecule has 0 amide bonds. The minimum Gasteiger partial charge on any atom is -0.492 e. The van der Waals surface area contributed by atoms with Gasteiger partial charge in [0.15, 0.2) is 0 Å². The van der Waals surface area contributed by atoms with Crippen LogP contribution in [0.5, 0.6) is 5.75 Å². The number of halogens is 2. The van der Waals surface area contributed by atoms with Crippen molar-refractivity contribution in [2.45, 2.75) is 46.2 Å². The number of benzene rings is 1. The first kappa shape index (κ1) is 16.0. The molecule has 0 saturated heterocycles. The molecular weight excluding hydrogens is 358 g/mol. The molecule has 102 valence electrons. The zero-order chi connectivity index (χ0) is 13.5. The highest BCUT2D eigenvalue weighted by atomic mass is 79.9. The van der Waals surface area contributed by atoms with Crippen molar-refractivity contribution in [3.63, 3.8) is 0 Å². The minimum atomic E-state index is 0.555. The fourth-order valence-electron chi connectivity index (χ4n) is 1.82. The van der Waals surface area contributed by atoms with Crippen LogP contribution in [0.25, 0.3) is 0 Å². The lowest BCUT2D eigenvalue weighted by molar-refractivity contribution is 0.336. The molecule has 0 aromatic heterocycles. The van der Waals surface area contributed by atoms with E-state index < -0.39 is 0 Å². The summed E-state index contributed by atoms with van der Waals surface area (Å²) in [7, 11) is 0. The maximum atomic E-state index is 5.57. The van der Waals surface area contributed by atoms with Crippen molar-refractivity contribution in [3.05, 3.63) is 26.6 Å². The largest absolute Gasteiger partial charge is 0.492 e. The molecule has 0 saturated carbocycles. The summed E-state index contributed by atoms with van der Waals surface area (Å²) in [5.74, 6) is 0.878. The molecule has 1 N–H and O–H groups in total. The van der Waals surface area contributed by atoms with Crippen LogP contribution in [0.15, 0.2) is 21.1 Å². The maximum Gasteiger partial charge on any atom is 0.147 e. The molecule has 0 radical (unpaired) electrons. The van der Waals surface area contributed by atoms with Gasteiger partial charge in [-0.2, -0.15) is 0 Å². The quantitative estimate of drug-likeness (QED) is 0.729. The first-order valence-electron chi connectivity index (χ1n) is 6.42. The van der Waals surface area contributed by atoms with Gasteiger partial charge in [-0.15, -0.1) is 0 Å². The molecule has 1 aromatic rings. The summed E-state index contributed by atoms with van der Waals surface area (Å²) in [6, 6.07) is 4.78. The van der Waals surface area contributed by atoms with Crippen LogP contribution in [0.3, 0.4) is 0 Å². The monoisotopic (exact) mass is 377 g/mol. The van der Waals surface area contributed by atoms with E-state index in [1.165, 1.54) is 18.4 Å². The van der Waals surface area contributed by atoms with Gasteiger partial charge >= 0.3 is 0 Å². The Kier molecular flexibility index (Phi) is 7.27. The van der Waals surface area contributed by atoms with Crippen molar-refractivity contribution in [2.24, 2.45) is 0 Å². The lowest BCUT2D eigenvalue weighted by Gasteiger charge is -2.14. The van der Waals surface area contributed by atoms with E-state index in [-0.39, 0.29) is 0 Å². The van der Waals surface area contributed by atoms with Gasteiger partial charge in [0.05, 0.1) is 15.6 Å². The summed E-state index contributed by atoms with van der Waals surface area (Å²) < 4.78 is 7.57. The second-order valence-electron chi connectivity index (χ2n) is 4.39. The van der Waals surface area contributed by atoms with Crippen LogP contribution < -0.4 is 10.1 Å². The molecule has 0 bridgehead atoms. The maximum absolute atomic E-state index is 5.57. The van der Waals surface area contributed by atoms with Crippen molar-refractivity contribution in [2.75, 3.05) is 6.61 Å². The van der Waals surface area contributed by atoms with Gasteiger partial charge in [0.2, 0.25) is 0 Å². The van der Waals surface area contributed by atoms with Crippen LogP contribution >= 0.6 is 31.9 Å². The molecule has 1 atom stereocenters. The third-order valence-electron chi connectivity index (χ3n) is 2.72. The fraction of sp³-hybridized carbons (Fsp3) is 0.571. The van der Waals surface area contributed by atoms with Gasteiger partial charge in [-0.1, -0.05) is 13.3 Å². The van der Waals surface area contributed by atoms with E-state index in [1.54, 1.807) is 0 Å². The van der Waals surface area contributed by atoms with E-state index in [4.69, 9.17) is 4.74 Å². The van der Waals surface area contributed by atoms with Crippen molar-refractivity contribution in [3.8, 4) is 5.75 Å². The molecule has 18 heavy (non-hydrogen) atoms. The van der Waals surface area contributed by atoms with Gasteiger partial charge < -0.3 is 10.1 Å². The van der Waals surface area contributed by atoms with Crippen LogP contribution in [0.2, 0.25) is 0 Å². The van der Waals surface area contributed by atoms with E-state index in [0.29, 0.717) is 12.6 Å². The number of hydrogen-bond donors (Lipinski definition) is 1. The zero-order valence-electron chi connectivity index (χ0n) is 11.2. The Morgan fingerprint density at radius 3 is 2.33 bits per heavy atom. The Labute approximate surface area is 127 Å². The van der Waals surface area contributed by atoms with Gasteiger partial charge in [-0.3, -0.25) is 0 Å². The second-order valence-corrected chi connectivity index (χ2v) is 6.10. The average Bonchev–Trinajstić information content (AvgIpc) is 2.32. The standard InChI is InChI=1S/C14H21Br2NO/c1-4-6-10(3)17-9-11-7-12(15)14(18-5-2)13(16)8-11/h7-8,10,17H,4-6,9H2,1-3H3. The van der Waals surface area contributed by atoms with Gasteiger partial charge in [0.25, 0.3) is 0 Å². The van der Waals surface area contributed by atoms with Crippen LogP contribution in [0.1, 0.15) is 39.2 Å². The van der Waals surface area contributed by atoms with E-state index in [9.17, 15) is 0 Å². The fourth-order valence-corrected chi connectivity index (χ4v) is 3.33. The molecule has 0 aliphatic heterocycles. The highest BCUT2D eigenvalue weighted by Crippen LogP contribution is 2.34. The van der Waals surface area contributed by atoms with E-state index >= 15 is 0 Å². The molecule has 1 rings (SSSR count). The topological polar surface area (TPSA) is 21.3 Å². The molecule has 1 aromatic carbocycles. The highest BCUT2D eigenvalue weighted by Gasteiger charge is 2.09. The molecule has 0 spiro atoms. The van der Waals surface area contributed by atoms with E-state index in [0.717, 1.165) is 21.2 Å². The summed E-state index contributed by atoms with van der Waals surface area (Å²) in [5, 5.41) is 3.52. The number of rotatable bonds is 7. The average molecular weight is 379 g/mol. The number of nitrogens with one attached hydrogen (secondary N) is 1. The normalized spacial score (nSPS) is 12.5. The number of ether oxygens (including phenoxy) is 1. The van der Waals surface area contributed by atoms with Crippen molar-refractivity contribution in [1.29, 1.82) is 0 Å².